The maximum absolute atomic E-state index is 13.8. The maximum atomic E-state index is 13.8. The lowest BCUT2D eigenvalue weighted by Crippen LogP contribution is -2.65. The number of piperazine rings is 1. The highest BCUT2D eigenvalue weighted by molar-refractivity contribution is 5.94. The molecule has 1 aromatic carbocycles. The Kier molecular flexibility index (Phi) is 5.51. The van der Waals surface area contributed by atoms with Crippen molar-refractivity contribution in [1.82, 2.24) is 14.7 Å². The van der Waals surface area contributed by atoms with Crippen LogP contribution in [0.4, 0.5) is 0 Å². The molecule has 9 nitrogen and oxygen atoms in total. The summed E-state index contributed by atoms with van der Waals surface area (Å²) in [6.07, 6.45) is 1.56. The van der Waals surface area contributed by atoms with E-state index in [0.717, 1.165) is 54.7 Å². The summed E-state index contributed by atoms with van der Waals surface area (Å²) in [6.45, 7) is 6.90. The number of likely N-dealkylation sites (tertiary alicyclic amines) is 2. The van der Waals surface area contributed by atoms with Crippen LogP contribution in [0, 0.1) is 12.3 Å². The van der Waals surface area contributed by atoms with E-state index >= 15 is 0 Å². The minimum atomic E-state index is -0.696. The lowest BCUT2D eigenvalue weighted by molar-refractivity contribution is -0.144. The number of nitrogens with zero attached hydrogens (tertiary/aromatic N) is 3. The van der Waals surface area contributed by atoms with E-state index in [0.29, 0.717) is 24.2 Å². The van der Waals surface area contributed by atoms with Crippen molar-refractivity contribution in [2.45, 2.75) is 57.9 Å². The Labute approximate surface area is 210 Å². The number of benzene rings is 1. The average Bonchev–Trinajstić information content (AvgIpc) is 3.47. The molecule has 36 heavy (non-hydrogen) atoms. The zero-order valence-electron chi connectivity index (χ0n) is 21.1. The minimum Gasteiger partial charge on any atom is -0.457 e. The highest BCUT2D eigenvalue weighted by atomic mass is 16.5. The molecule has 192 valence electrons. The first-order valence-corrected chi connectivity index (χ1v) is 12.8. The molecule has 0 saturated carbocycles. The molecular formula is C27H33N3O6. The van der Waals surface area contributed by atoms with Crippen LogP contribution in [0.3, 0.4) is 0 Å². The third-order valence-electron chi connectivity index (χ3n) is 9.10. The monoisotopic (exact) mass is 495 g/mol. The number of fused-ring (bicyclic) bond motifs is 3. The van der Waals surface area contributed by atoms with Crippen LogP contribution in [0.2, 0.25) is 0 Å². The van der Waals surface area contributed by atoms with Crippen LogP contribution in [-0.2, 0) is 25.7 Å². The van der Waals surface area contributed by atoms with Gasteiger partial charge in [-0.3, -0.25) is 9.69 Å². The molecule has 5 aliphatic rings. The molecule has 6 rings (SSSR count). The number of esters is 2. The zero-order valence-corrected chi connectivity index (χ0v) is 21.1. The summed E-state index contributed by atoms with van der Waals surface area (Å²) in [6, 6.07) is 3.91. The molecule has 3 saturated heterocycles. The second-order valence-electron chi connectivity index (χ2n) is 11.2. The van der Waals surface area contributed by atoms with Crippen LogP contribution in [0.5, 0.6) is 0 Å². The van der Waals surface area contributed by atoms with Crippen molar-refractivity contribution in [3.8, 4) is 0 Å². The summed E-state index contributed by atoms with van der Waals surface area (Å²) >= 11 is 0. The molecule has 1 unspecified atom stereocenters. The standard InChI is InChI=1S/C27H33N3O6/c1-15-19(4-5-20-21(15)13-35-25(20)33)23(31)12-30-17-8-27(9-18(30)11-28(3)10-17)6-7-29(26(27)34)22-14-36-24(32)16(22)2/h4-5,17-18,23,31H,6-14H2,1-3H3/t17-,18+,23-,27?/m0/s1. The van der Waals surface area contributed by atoms with Gasteiger partial charge in [0.05, 0.1) is 28.4 Å². The van der Waals surface area contributed by atoms with Crippen LogP contribution in [0.25, 0.3) is 0 Å². The van der Waals surface area contributed by atoms with Gasteiger partial charge in [-0.15, -0.1) is 0 Å². The summed E-state index contributed by atoms with van der Waals surface area (Å²) in [5, 5.41) is 11.3. The van der Waals surface area contributed by atoms with Gasteiger partial charge in [-0.05, 0) is 57.4 Å². The molecule has 9 heteroatoms. The number of cyclic esters (lactones) is 2. The number of amides is 1. The second kappa shape index (κ2) is 8.39. The number of ether oxygens (including phenoxy) is 2. The summed E-state index contributed by atoms with van der Waals surface area (Å²) in [5.74, 6) is -0.518. The molecule has 1 N–H and O–H groups in total. The van der Waals surface area contributed by atoms with Crippen molar-refractivity contribution < 1.29 is 29.0 Å². The molecule has 3 fully saturated rings. The van der Waals surface area contributed by atoms with Gasteiger partial charge in [0.25, 0.3) is 0 Å². The maximum Gasteiger partial charge on any atom is 0.338 e. The number of piperidine rings is 1. The largest absolute Gasteiger partial charge is 0.457 e. The number of carbonyl (C=O) groups excluding carboxylic acids is 3. The van der Waals surface area contributed by atoms with Gasteiger partial charge in [0.2, 0.25) is 5.91 Å². The Balaban J connectivity index is 1.22. The molecule has 1 aromatic rings. The third-order valence-corrected chi connectivity index (χ3v) is 9.10. The fourth-order valence-corrected chi connectivity index (χ4v) is 7.18. The summed E-state index contributed by atoms with van der Waals surface area (Å²) in [5.41, 5.74) is 4.03. The van der Waals surface area contributed by atoms with E-state index in [1.54, 1.807) is 17.9 Å². The SMILES string of the molecule is CC1=C(N2CCC3(C[C@H]4CN(C)C[C@@H](C3)N4C[C@H](O)c3ccc4c(c3C)COC4=O)C2=O)COC1=O. The van der Waals surface area contributed by atoms with Crippen molar-refractivity contribution in [3.63, 3.8) is 0 Å². The van der Waals surface area contributed by atoms with Gasteiger partial charge in [-0.25, -0.2) is 9.59 Å². The highest BCUT2D eigenvalue weighted by Crippen LogP contribution is 2.49. The van der Waals surface area contributed by atoms with Gasteiger partial charge in [-0.2, -0.15) is 0 Å². The van der Waals surface area contributed by atoms with Crippen molar-refractivity contribution in [1.29, 1.82) is 0 Å². The molecule has 0 radical (unpaired) electrons. The summed E-state index contributed by atoms with van der Waals surface area (Å²) in [7, 11) is 2.12. The smallest absolute Gasteiger partial charge is 0.338 e. The van der Waals surface area contributed by atoms with Crippen LogP contribution < -0.4 is 0 Å². The number of aliphatic hydroxyl groups is 1. The first kappa shape index (κ1) is 23.6. The molecule has 0 aliphatic carbocycles. The van der Waals surface area contributed by atoms with Gasteiger partial charge >= 0.3 is 11.9 Å². The molecule has 0 aromatic heterocycles. The van der Waals surface area contributed by atoms with Crippen molar-refractivity contribution in [2.24, 2.45) is 5.41 Å². The molecule has 1 spiro atoms. The van der Waals surface area contributed by atoms with Crippen LogP contribution in [0.1, 0.15) is 59.3 Å². The van der Waals surface area contributed by atoms with Gasteiger partial charge < -0.3 is 24.4 Å². The van der Waals surface area contributed by atoms with E-state index in [2.05, 4.69) is 16.8 Å². The Morgan fingerprint density at radius 3 is 2.42 bits per heavy atom. The van der Waals surface area contributed by atoms with Gasteiger partial charge in [0.15, 0.2) is 0 Å². The Morgan fingerprint density at radius 2 is 1.75 bits per heavy atom. The predicted octanol–water partition coefficient (Wildman–Crippen LogP) is 1.53. The lowest BCUT2D eigenvalue weighted by Gasteiger charge is -2.54. The van der Waals surface area contributed by atoms with E-state index in [4.69, 9.17) is 9.47 Å². The first-order valence-electron chi connectivity index (χ1n) is 12.8. The van der Waals surface area contributed by atoms with E-state index in [1.165, 1.54) is 0 Å². The lowest BCUT2D eigenvalue weighted by atomic mass is 9.69. The second-order valence-corrected chi connectivity index (χ2v) is 11.2. The fraction of sp³-hybridized carbons (Fsp3) is 0.593. The topological polar surface area (TPSA) is 99.6 Å². The molecule has 5 heterocycles. The molecule has 1 amide bonds. The van der Waals surface area contributed by atoms with Gasteiger partial charge in [-0.1, -0.05) is 6.07 Å². The number of carbonyl (C=O) groups is 3. The van der Waals surface area contributed by atoms with Crippen LogP contribution in [0.15, 0.2) is 23.4 Å². The molecule has 2 bridgehead atoms. The summed E-state index contributed by atoms with van der Waals surface area (Å²) < 4.78 is 10.4. The number of hydrogen-bond acceptors (Lipinski definition) is 8. The van der Waals surface area contributed by atoms with Crippen molar-refractivity contribution in [3.05, 3.63) is 45.7 Å². The predicted molar refractivity (Wildman–Crippen MR) is 129 cm³/mol. The van der Waals surface area contributed by atoms with E-state index < -0.39 is 11.5 Å². The van der Waals surface area contributed by atoms with Crippen LogP contribution >= 0.6 is 0 Å². The Hall–Kier alpha value is -2.75. The zero-order chi connectivity index (χ0) is 25.4. The molecular weight excluding hydrogens is 462 g/mol. The number of aliphatic hydroxyl groups excluding tert-OH is 1. The first-order chi connectivity index (χ1) is 17.2. The van der Waals surface area contributed by atoms with E-state index in [-0.39, 0.29) is 43.1 Å². The fourth-order valence-electron chi connectivity index (χ4n) is 7.18. The number of likely N-dealkylation sites (N-methyl/N-ethyl adjacent to an activating group) is 1. The van der Waals surface area contributed by atoms with Crippen molar-refractivity contribution >= 4 is 17.8 Å². The minimum absolute atomic E-state index is 0.119. The van der Waals surface area contributed by atoms with E-state index in [9.17, 15) is 19.5 Å². The third kappa shape index (κ3) is 3.51. The van der Waals surface area contributed by atoms with E-state index in [1.807, 2.05) is 13.0 Å². The normalized spacial score (nSPS) is 31.3. The number of rotatable bonds is 4. The highest BCUT2D eigenvalue weighted by Gasteiger charge is 2.56. The van der Waals surface area contributed by atoms with Gasteiger partial charge in [0, 0.05) is 43.8 Å². The Morgan fingerprint density at radius 1 is 1.06 bits per heavy atom. The van der Waals surface area contributed by atoms with Gasteiger partial charge in [0.1, 0.15) is 13.2 Å². The summed E-state index contributed by atoms with van der Waals surface area (Å²) in [4.78, 5) is 44.1. The van der Waals surface area contributed by atoms with Crippen molar-refractivity contribution in [2.75, 3.05) is 39.8 Å². The molecule has 5 aliphatic heterocycles. The number of hydrogen-bond donors (Lipinski definition) is 1. The Bertz CT molecular complexity index is 1180. The average molecular weight is 496 g/mol. The molecule has 4 atom stereocenters. The van der Waals surface area contributed by atoms with Crippen LogP contribution in [-0.4, -0.2) is 89.6 Å². The quantitative estimate of drug-likeness (QED) is 0.628.